The van der Waals surface area contributed by atoms with Gasteiger partial charge in [0.1, 0.15) is 17.6 Å². The molecule has 204 valence electrons. The number of carbonyl (C=O) groups is 1. The molecule has 1 saturated heterocycles. The van der Waals surface area contributed by atoms with Gasteiger partial charge in [0.25, 0.3) is 5.91 Å². The minimum absolute atomic E-state index is 0.0818. The first-order valence-corrected chi connectivity index (χ1v) is 14.3. The van der Waals surface area contributed by atoms with Crippen molar-refractivity contribution in [3.63, 3.8) is 0 Å². The molecule has 5 aromatic rings. The lowest BCUT2D eigenvalue weighted by molar-refractivity contribution is -0.118. The van der Waals surface area contributed by atoms with Crippen LogP contribution in [0.5, 0.6) is 5.75 Å². The number of carbonyl (C=O) groups excluding carboxylic acids is 1. The quantitative estimate of drug-likeness (QED) is 0.181. The van der Waals surface area contributed by atoms with Gasteiger partial charge in [0.2, 0.25) is 0 Å². The highest BCUT2D eigenvalue weighted by molar-refractivity contribution is 7.99. The number of pyridine rings is 1. The van der Waals surface area contributed by atoms with Crippen molar-refractivity contribution < 1.29 is 13.9 Å². The van der Waals surface area contributed by atoms with E-state index in [0.717, 1.165) is 27.1 Å². The van der Waals surface area contributed by atoms with E-state index in [9.17, 15) is 4.79 Å². The van der Waals surface area contributed by atoms with Crippen molar-refractivity contribution in [2.45, 2.75) is 22.1 Å². The first-order valence-electron chi connectivity index (χ1n) is 13.0. The summed E-state index contributed by atoms with van der Waals surface area (Å²) in [6, 6.07) is 36.2. The van der Waals surface area contributed by atoms with E-state index in [1.54, 1.807) is 18.0 Å². The third-order valence-corrected chi connectivity index (χ3v) is 7.74. The van der Waals surface area contributed by atoms with E-state index in [1.165, 1.54) is 0 Å². The second kappa shape index (κ2) is 12.3. The number of benzene rings is 3. The third-order valence-electron chi connectivity index (χ3n) is 6.50. The standard InChI is InChI=1S/C32H26N4O3S2/c37-28(21-38-24-9-3-1-4-10-24)34-22-14-16-23(17-15-22)36-31(30(35-32(36)40)26-13-7-8-20-33-26)27-18-19-29(39-27)41-25-11-5-2-6-12-25/h1-20,30-31H,21H2,(H,34,37)(H,35,40)/t30-,31-/m1/s1. The van der Waals surface area contributed by atoms with Crippen LogP contribution in [0.15, 0.2) is 136 Å². The zero-order valence-corrected chi connectivity index (χ0v) is 23.5. The van der Waals surface area contributed by atoms with Crippen molar-refractivity contribution in [3.8, 4) is 5.75 Å². The highest BCUT2D eigenvalue weighted by Crippen LogP contribution is 2.43. The predicted octanol–water partition coefficient (Wildman–Crippen LogP) is 7.02. The van der Waals surface area contributed by atoms with Crippen molar-refractivity contribution in [3.05, 3.63) is 133 Å². The molecule has 7 nitrogen and oxygen atoms in total. The van der Waals surface area contributed by atoms with E-state index >= 15 is 0 Å². The fourth-order valence-corrected chi connectivity index (χ4v) is 5.79. The first kappa shape index (κ1) is 26.6. The molecule has 0 unspecified atom stereocenters. The zero-order valence-electron chi connectivity index (χ0n) is 21.8. The van der Waals surface area contributed by atoms with Crippen molar-refractivity contribution in [1.82, 2.24) is 10.3 Å². The third kappa shape index (κ3) is 6.26. The van der Waals surface area contributed by atoms with Gasteiger partial charge in [0.05, 0.1) is 11.7 Å². The molecule has 6 rings (SSSR count). The van der Waals surface area contributed by atoms with Gasteiger partial charge < -0.3 is 24.7 Å². The molecule has 1 aliphatic heterocycles. The molecule has 0 spiro atoms. The Morgan fingerprint density at radius 2 is 1.66 bits per heavy atom. The Morgan fingerprint density at radius 3 is 2.39 bits per heavy atom. The lowest BCUT2D eigenvalue weighted by Gasteiger charge is -2.26. The van der Waals surface area contributed by atoms with Gasteiger partial charge in [-0.05, 0) is 85.0 Å². The molecule has 2 N–H and O–H groups in total. The fraction of sp³-hybridized carbons (Fsp3) is 0.0938. The van der Waals surface area contributed by atoms with E-state index in [4.69, 9.17) is 21.4 Å². The smallest absolute Gasteiger partial charge is 0.262 e. The lowest BCUT2D eigenvalue weighted by atomic mass is 10.0. The van der Waals surface area contributed by atoms with E-state index in [0.29, 0.717) is 16.5 Å². The van der Waals surface area contributed by atoms with Crippen LogP contribution in [0.3, 0.4) is 0 Å². The molecule has 3 heterocycles. The SMILES string of the molecule is O=C(COc1ccccc1)Nc1ccc(N2C(=S)N[C@H](c3ccccn3)[C@H]2c2ccc(Sc3ccccc3)o2)cc1. The van der Waals surface area contributed by atoms with Gasteiger partial charge in [-0.15, -0.1) is 0 Å². The number of furan rings is 1. The predicted molar refractivity (Wildman–Crippen MR) is 164 cm³/mol. The van der Waals surface area contributed by atoms with Crippen molar-refractivity contribution in [1.29, 1.82) is 0 Å². The summed E-state index contributed by atoms with van der Waals surface area (Å²) in [6.45, 7) is -0.0818. The van der Waals surface area contributed by atoms with Gasteiger partial charge in [-0.3, -0.25) is 9.78 Å². The van der Waals surface area contributed by atoms with Crippen LogP contribution in [-0.4, -0.2) is 22.6 Å². The molecule has 3 aromatic carbocycles. The number of amides is 1. The summed E-state index contributed by atoms with van der Waals surface area (Å²) in [6.07, 6.45) is 1.78. The van der Waals surface area contributed by atoms with Crippen molar-refractivity contribution in [2.24, 2.45) is 0 Å². The number of hydrogen-bond donors (Lipinski definition) is 2. The van der Waals surface area contributed by atoms with Crippen molar-refractivity contribution in [2.75, 3.05) is 16.8 Å². The van der Waals surface area contributed by atoms with E-state index in [-0.39, 0.29) is 24.6 Å². The molecular formula is C32H26N4O3S2. The normalized spacial score (nSPS) is 16.3. The number of nitrogens with zero attached hydrogens (tertiary/aromatic N) is 2. The van der Waals surface area contributed by atoms with Gasteiger partial charge in [-0.2, -0.15) is 0 Å². The molecule has 9 heteroatoms. The number of anilines is 2. The molecule has 0 bridgehead atoms. The van der Waals surface area contributed by atoms with Gasteiger partial charge >= 0.3 is 0 Å². The Kier molecular flexibility index (Phi) is 7.97. The average molecular weight is 579 g/mol. The maximum Gasteiger partial charge on any atom is 0.262 e. The van der Waals surface area contributed by atoms with Crippen LogP contribution in [0.2, 0.25) is 0 Å². The van der Waals surface area contributed by atoms with E-state index < -0.39 is 0 Å². The summed E-state index contributed by atoms with van der Waals surface area (Å²) in [5.41, 5.74) is 2.38. The van der Waals surface area contributed by atoms with Crippen LogP contribution < -0.4 is 20.3 Å². The van der Waals surface area contributed by atoms with Crippen LogP contribution in [0.1, 0.15) is 23.5 Å². The van der Waals surface area contributed by atoms with Gasteiger partial charge in [-0.1, -0.05) is 54.2 Å². The largest absolute Gasteiger partial charge is 0.484 e. The Bertz CT molecular complexity index is 1610. The molecule has 41 heavy (non-hydrogen) atoms. The number of para-hydroxylation sites is 1. The Hall–Kier alpha value is -4.60. The highest BCUT2D eigenvalue weighted by Gasteiger charge is 2.42. The number of rotatable bonds is 9. The van der Waals surface area contributed by atoms with Crippen molar-refractivity contribution >= 4 is 46.4 Å². The molecule has 1 amide bonds. The first-order chi connectivity index (χ1) is 20.1. The number of ether oxygens (including phenoxy) is 1. The van der Waals surface area contributed by atoms with Crippen LogP contribution in [0.25, 0.3) is 0 Å². The van der Waals surface area contributed by atoms with Crippen LogP contribution in [0.4, 0.5) is 11.4 Å². The number of thiocarbonyl (C=S) groups is 1. The zero-order chi connectivity index (χ0) is 28.0. The molecule has 1 fully saturated rings. The molecule has 2 atom stereocenters. The summed E-state index contributed by atoms with van der Waals surface area (Å²) in [4.78, 5) is 20.2. The summed E-state index contributed by atoms with van der Waals surface area (Å²) in [5.74, 6) is 1.17. The van der Waals surface area contributed by atoms with E-state index in [1.807, 2.05) is 108 Å². The Balaban J connectivity index is 1.22. The fourth-order valence-electron chi connectivity index (χ4n) is 4.64. The maximum absolute atomic E-state index is 12.5. The number of nitrogens with one attached hydrogen (secondary N) is 2. The van der Waals surface area contributed by atoms with E-state index in [2.05, 4.69) is 27.8 Å². The average Bonchev–Trinajstić information content (AvgIpc) is 3.62. The second-order valence-corrected chi connectivity index (χ2v) is 10.7. The Morgan fingerprint density at radius 1 is 0.927 bits per heavy atom. The topological polar surface area (TPSA) is 79.6 Å². The number of aromatic nitrogens is 1. The lowest BCUT2D eigenvalue weighted by Crippen LogP contribution is -2.29. The molecule has 0 saturated carbocycles. The summed E-state index contributed by atoms with van der Waals surface area (Å²) in [7, 11) is 0. The maximum atomic E-state index is 12.5. The summed E-state index contributed by atoms with van der Waals surface area (Å²) < 4.78 is 11.9. The van der Waals surface area contributed by atoms with Gasteiger partial charge in [-0.25, -0.2) is 0 Å². The summed E-state index contributed by atoms with van der Waals surface area (Å²) >= 11 is 7.39. The van der Waals surface area contributed by atoms with Crippen LogP contribution >= 0.6 is 24.0 Å². The highest BCUT2D eigenvalue weighted by atomic mass is 32.2. The molecule has 0 radical (unpaired) electrons. The minimum atomic E-state index is -0.276. The summed E-state index contributed by atoms with van der Waals surface area (Å²) in [5, 5.41) is 7.68. The van der Waals surface area contributed by atoms with Crippen LogP contribution in [-0.2, 0) is 4.79 Å². The Labute approximate surface area is 247 Å². The molecule has 2 aromatic heterocycles. The second-order valence-electron chi connectivity index (χ2n) is 9.27. The molecule has 1 aliphatic rings. The number of hydrogen-bond acceptors (Lipinski definition) is 6. The van der Waals surface area contributed by atoms with Gasteiger partial charge in [0.15, 0.2) is 16.8 Å². The minimum Gasteiger partial charge on any atom is -0.484 e. The molecular weight excluding hydrogens is 553 g/mol. The molecule has 0 aliphatic carbocycles. The van der Waals surface area contributed by atoms with Crippen LogP contribution in [0, 0.1) is 0 Å². The van der Waals surface area contributed by atoms with Gasteiger partial charge in [0, 0.05) is 22.5 Å². The monoisotopic (exact) mass is 578 g/mol.